The van der Waals surface area contributed by atoms with Crippen LogP contribution in [0.2, 0.25) is 0 Å². The zero-order valence-electron chi connectivity index (χ0n) is 32.6. The summed E-state index contributed by atoms with van der Waals surface area (Å²) in [4.78, 5) is 5.16. The average molecular weight is 711 g/mol. The third-order valence-corrected chi connectivity index (χ3v) is 13.3. The van der Waals surface area contributed by atoms with Crippen molar-refractivity contribution in [2.45, 2.75) is 59.3 Å². The van der Waals surface area contributed by atoms with E-state index in [1.807, 2.05) is 0 Å². The van der Waals surface area contributed by atoms with Gasteiger partial charge in [-0.15, -0.1) is 0 Å². The van der Waals surface area contributed by atoms with Crippen molar-refractivity contribution in [3.63, 3.8) is 0 Å². The fourth-order valence-corrected chi connectivity index (χ4v) is 10.6. The molecule has 0 unspecified atom stereocenters. The highest BCUT2D eigenvalue weighted by Crippen LogP contribution is 2.57. The summed E-state index contributed by atoms with van der Waals surface area (Å²) in [7, 11) is 0. The Hall–Kier alpha value is -6.00. The van der Waals surface area contributed by atoms with Crippen molar-refractivity contribution in [1.29, 1.82) is 0 Å². The Labute approximate surface area is 325 Å². The monoisotopic (exact) mass is 710 g/mol. The number of hydrogen-bond acceptors (Lipinski definition) is 3. The van der Waals surface area contributed by atoms with Crippen molar-refractivity contribution in [3.8, 4) is 33.8 Å². The van der Waals surface area contributed by atoms with Gasteiger partial charge in [-0.05, 0) is 136 Å². The first-order chi connectivity index (χ1) is 26.6. The van der Waals surface area contributed by atoms with E-state index in [0.29, 0.717) is 0 Å². The van der Waals surface area contributed by atoms with Crippen LogP contribution in [-0.4, -0.2) is 6.85 Å². The molecule has 4 heteroatoms. The number of anilines is 5. The predicted octanol–water partition coefficient (Wildman–Crippen LogP) is 12.1. The summed E-state index contributed by atoms with van der Waals surface area (Å²) in [6, 6.07) is 50.0. The third kappa shape index (κ3) is 4.23. The molecule has 0 spiro atoms. The van der Waals surface area contributed by atoms with E-state index >= 15 is 0 Å². The molecule has 3 heterocycles. The van der Waals surface area contributed by atoms with Gasteiger partial charge in [0.25, 0.3) is 0 Å². The van der Waals surface area contributed by atoms with Crippen LogP contribution < -0.4 is 25.4 Å². The van der Waals surface area contributed by atoms with Crippen molar-refractivity contribution < 1.29 is 4.74 Å². The Morgan fingerprint density at radius 2 is 1.09 bits per heavy atom. The van der Waals surface area contributed by atoms with Gasteiger partial charge >= 0.3 is 6.85 Å². The summed E-state index contributed by atoms with van der Waals surface area (Å²) in [6.07, 6.45) is 0. The van der Waals surface area contributed by atoms with Crippen LogP contribution >= 0.6 is 0 Å². The van der Waals surface area contributed by atoms with E-state index in [0.717, 1.165) is 22.9 Å². The van der Waals surface area contributed by atoms with Crippen LogP contribution in [-0.2, 0) is 10.8 Å². The third-order valence-electron chi connectivity index (χ3n) is 13.3. The lowest BCUT2D eigenvalue weighted by Gasteiger charge is -2.49. The SMILES string of the molecule is Cc1ccccc1N1B2c3cccc4c3N(c3ccccc3O4)c3cc(-c4c(C)cccc4C)cc(c32)-c2cc3c(cc21)C(C)(C)c1ccccc1C3(C)C. The Morgan fingerprint density at radius 1 is 0.491 bits per heavy atom. The van der Waals surface area contributed by atoms with Gasteiger partial charge in [-0.1, -0.05) is 113 Å². The lowest BCUT2D eigenvalue weighted by molar-refractivity contribution is 0.477. The van der Waals surface area contributed by atoms with Crippen LogP contribution in [0.3, 0.4) is 0 Å². The molecule has 0 saturated carbocycles. The molecular weight excluding hydrogens is 667 g/mol. The zero-order valence-corrected chi connectivity index (χ0v) is 32.6. The van der Waals surface area contributed by atoms with Gasteiger partial charge in [0, 0.05) is 33.5 Å². The molecule has 0 bridgehead atoms. The molecule has 11 rings (SSSR count). The molecule has 3 nitrogen and oxygen atoms in total. The van der Waals surface area contributed by atoms with Gasteiger partial charge in [-0.3, -0.25) is 0 Å². The second-order valence-corrected chi connectivity index (χ2v) is 17.1. The van der Waals surface area contributed by atoms with Gasteiger partial charge in [0.05, 0.1) is 11.4 Å². The Bertz CT molecular complexity index is 2790. The zero-order chi connectivity index (χ0) is 37.5. The van der Waals surface area contributed by atoms with E-state index < -0.39 is 0 Å². The Morgan fingerprint density at radius 3 is 1.82 bits per heavy atom. The second-order valence-electron chi connectivity index (χ2n) is 17.1. The number of para-hydroxylation sites is 4. The summed E-state index contributed by atoms with van der Waals surface area (Å²) in [5.41, 5.74) is 22.7. The summed E-state index contributed by atoms with van der Waals surface area (Å²) in [5.74, 6) is 1.77. The lowest BCUT2D eigenvalue weighted by Crippen LogP contribution is -2.62. The van der Waals surface area contributed by atoms with Crippen LogP contribution in [0.4, 0.5) is 28.4 Å². The van der Waals surface area contributed by atoms with E-state index in [2.05, 4.69) is 192 Å². The second kappa shape index (κ2) is 11.0. The first-order valence-corrected chi connectivity index (χ1v) is 19.6. The molecular formula is C51H43BN2O. The number of aryl methyl sites for hydroxylation is 3. The molecule has 1 aliphatic carbocycles. The maximum Gasteiger partial charge on any atom is 0.333 e. The highest BCUT2D eigenvalue weighted by Gasteiger charge is 2.50. The minimum Gasteiger partial charge on any atom is -0.453 e. The highest BCUT2D eigenvalue weighted by atomic mass is 16.5. The van der Waals surface area contributed by atoms with Crippen LogP contribution in [0.15, 0.2) is 133 Å². The molecule has 0 aromatic heterocycles. The number of nitrogens with zero attached hydrogens (tertiary/aromatic N) is 2. The van der Waals surface area contributed by atoms with Gasteiger partial charge < -0.3 is 14.4 Å². The standard InChI is InChI=1S/C51H43BN2O/c1-30-16-8-11-22-41(30)54-43-29-39-38(50(4,5)36-19-9-10-20-37(36)51(39,6)7)28-34(43)35-26-33(47-31(2)17-14-18-32(47)3)27-44-48(35)52(54)40-21-15-25-46-49(40)53(44)42-23-12-13-24-45(42)55-46/h8-29H,1-7H3. The van der Waals surface area contributed by atoms with Crippen molar-refractivity contribution >= 4 is 46.2 Å². The molecule has 7 aromatic rings. The minimum atomic E-state index is -0.188. The number of ether oxygens (including phenoxy) is 1. The van der Waals surface area contributed by atoms with Gasteiger partial charge in [-0.2, -0.15) is 0 Å². The maximum atomic E-state index is 6.77. The number of hydrogen-bond donors (Lipinski definition) is 0. The van der Waals surface area contributed by atoms with Gasteiger partial charge in [0.1, 0.15) is 0 Å². The van der Waals surface area contributed by atoms with E-state index in [4.69, 9.17) is 4.74 Å². The van der Waals surface area contributed by atoms with Crippen molar-refractivity contribution in [3.05, 3.63) is 172 Å². The predicted molar refractivity (Wildman–Crippen MR) is 231 cm³/mol. The molecule has 0 saturated heterocycles. The van der Waals surface area contributed by atoms with Crippen molar-refractivity contribution in [2.75, 3.05) is 9.71 Å². The fourth-order valence-electron chi connectivity index (χ4n) is 10.6. The topological polar surface area (TPSA) is 15.7 Å². The number of fused-ring (bicyclic) bond motifs is 8. The molecule has 0 N–H and O–H groups in total. The highest BCUT2D eigenvalue weighted by molar-refractivity contribution is 6.93. The van der Waals surface area contributed by atoms with Crippen LogP contribution in [0.25, 0.3) is 22.3 Å². The van der Waals surface area contributed by atoms with Gasteiger partial charge in [0.2, 0.25) is 0 Å². The quantitative estimate of drug-likeness (QED) is 0.166. The van der Waals surface area contributed by atoms with E-state index in [9.17, 15) is 0 Å². The first kappa shape index (κ1) is 32.4. The molecule has 55 heavy (non-hydrogen) atoms. The molecule has 0 amide bonds. The maximum absolute atomic E-state index is 6.77. The van der Waals surface area contributed by atoms with E-state index in [1.54, 1.807) is 0 Å². The van der Waals surface area contributed by atoms with Gasteiger partial charge in [-0.25, -0.2) is 0 Å². The van der Waals surface area contributed by atoms with E-state index in [-0.39, 0.29) is 17.7 Å². The van der Waals surface area contributed by atoms with Gasteiger partial charge in [0.15, 0.2) is 11.5 Å². The summed E-state index contributed by atoms with van der Waals surface area (Å²) in [6.45, 7) is 16.3. The first-order valence-electron chi connectivity index (χ1n) is 19.6. The molecule has 0 fully saturated rings. The Balaban J connectivity index is 1.32. The summed E-state index contributed by atoms with van der Waals surface area (Å²) >= 11 is 0. The number of rotatable bonds is 2. The smallest absolute Gasteiger partial charge is 0.333 e. The normalized spacial score (nSPS) is 15.9. The number of benzene rings is 7. The molecule has 3 aliphatic heterocycles. The van der Waals surface area contributed by atoms with E-state index in [1.165, 1.54) is 89.2 Å². The average Bonchev–Trinajstić information content (AvgIpc) is 3.18. The minimum absolute atomic E-state index is 0.0873. The molecule has 4 aliphatic rings. The summed E-state index contributed by atoms with van der Waals surface area (Å²) in [5, 5.41) is 0. The molecule has 0 radical (unpaired) electrons. The van der Waals surface area contributed by atoms with Crippen LogP contribution in [0.5, 0.6) is 11.5 Å². The largest absolute Gasteiger partial charge is 0.453 e. The van der Waals surface area contributed by atoms with Crippen LogP contribution in [0.1, 0.15) is 66.6 Å². The summed E-state index contributed by atoms with van der Waals surface area (Å²) < 4.78 is 6.77. The Kier molecular flexibility index (Phi) is 6.51. The van der Waals surface area contributed by atoms with Crippen LogP contribution in [0, 0.1) is 20.8 Å². The molecule has 266 valence electrons. The lowest BCUT2D eigenvalue weighted by atomic mass is 9.43. The molecule has 7 aromatic carbocycles. The fraction of sp³-hybridized carbons (Fsp3) is 0.176. The molecule has 0 atom stereocenters. The van der Waals surface area contributed by atoms with Crippen molar-refractivity contribution in [1.82, 2.24) is 0 Å². The van der Waals surface area contributed by atoms with Crippen molar-refractivity contribution in [2.24, 2.45) is 0 Å².